The van der Waals surface area contributed by atoms with E-state index in [0.717, 1.165) is 0 Å². The second-order valence-electron chi connectivity index (χ2n) is 13.0. The van der Waals surface area contributed by atoms with Gasteiger partial charge in [0.1, 0.15) is 12.3 Å². The molecule has 0 N–H and O–H groups in total. The molecule has 4 heteroatoms. The third-order valence-electron chi connectivity index (χ3n) is 10.4. The molecule has 0 aromatic heterocycles. The van der Waals surface area contributed by atoms with Crippen LogP contribution in [0.25, 0.3) is 0 Å². The summed E-state index contributed by atoms with van der Waals surface area (Å²) in [5.41, 5.74) is 10.7. The van der Waals surface area contributed by atoms with Crippen LogP contribution in [-0.2, 0) is 0 Å². The number of benzene rings is 8. The first-order valence-electron chi connectivity index (χ1n) is 17.6. The van der Waals surface area contributed by atoms with Crippen LogP contribution in [0.3, 0.4) is 0 Å². The first kappa shape index (κ1) is 39.1. The molecule has 0 nitrogen and oxygen atoms in total. The van der Waals surface area contributed by atoms with E-state index in [-0.39, 0.29) is 59.1 Å². The van der Waals surface area contributed by atoms with E-state index in [1.807, 2.05) is 0 Å². The van der Waals surface area contributed by atoms with Gasteiger partial charge in [-0.3, -0.25) is 0 Å². The van der Waals surface area contributed by atoms with E-state index in [4.69, 9.17) is 0 Å². The maximum Gasteiger partial charge on any atom is 1.00 e. The van der Waals surface area contributed by atoms with Gasteiger partial charge in [-0.1, -0.05) is 243 Å². The average Bonchev–Trinajstić information content (AvgIpc) is 3.22. The normalized spacial score (nSPS) is 10.8. The van der Waals surface area contributed by atoms with E-state index in [0.29, 0.717) is 0 Å². The van der Waals surface area contributed by atoms with Crippen LogP contribution in [0.5, 0.6) is 0 Å². The molecule has 0 heterocycles. The summed E-state index contributed by atoms with van der Waals surface area (Å²) in [6.45, 7) is 0. The Kier molecular flexibility index (Phi) is 14.4. The molecule has 8 aromatic rings. The topological polar surface area (TPSA) is 0 Å². The van der Waals surface area contributed by atoms with Crippen LogP contribution in [-0.4, -0.2) is 12.3 Å². The third-order valence-corrected chi connectivity index (χ3v) is 10.4. The van der Waals surface area contributed by atoms with Crippen LogP contribution in [0.15, 0.2) is 243 Å². The van der Waals surface area contributed by atoms with Gasteiger partial charge in [0.25, 0.3) is 0 Å². The standard InChI is InChI=1S/2C24H20B.2Na/c2*1-5-13-21(14-6-1)25(22-15-7-2-8-16-22,23-17-9-3-10-18-23)24-19-11-4-12-20-24;;/h2*1-20H;;/q2*-1;2*+1. The van der Waals surface area contributed by atoms with Gasteiger partial charge in [-0.15, -0.1) is 0 Å². The third kappa shape index (κ3) is 7.94. The molecule has 0 spiro atoms. The molecule has 0 aliphatic carbocycles. The Morgan fingerprint density at radius 2 is 0.250 bits per heavy atom. The van der Waals surface area contributed by atoms with Gasteiger partial charge in [-0.25, -0.2) is 0 Å². The molecule has 52 heavy (non-hydrogen) atoms. The Morgan fingerprint density at radius 3 is 0.346 bits per heavy atom. The van der Waals surface area contributed by atoms with Gasteiger partial charge in [-0.2, -0.15) is 43.7 Å². The van der Waals surface area contributed by atoms with Crippen molar-refractivity contribution in [3.8, 4) is 0 Å². The second-order valence-corrected chi connectivity index (χ2v) is 13.0. The van der Waals surface area contributed by atoms with Crippen molar-refractivity contribution < 1.29 is 59.1 Å². The molecule has 0 saturated heterocycles. The number of hydrogen-bond donors (Lipinski definition) is 0. The fourth-order valence-corrected chi connectivity index (χ4v) is 8.24. The fourth-order valence-electron chi connectivity index (χ4n) is 8.24. The van der Waals surface area contributed by atoms with E-state index >= 15 is 0 Å². The summed E-state index contributed by atoms with van der Waals surface area (Å²) in [6, 6.07) is 87.1. The van der Waals surface area contributed by atoms with Crippen LogP contribution in [0.4, 0.5) is 0 Å². The Labute approximate surface area is 354 Å². The summed E-state index contributed by atoms with van der Waals surface area (Å²) in [7, 11) is 0. The van der Waals surface area contributed by atoms with Crippen LogP contribution in [0.2, 0.25) is 0 Å². The predicted molar refractivity (Wildman–Crippen MR) is 220 cm³/mol. The monoisotopic (exact) mass is 684 g/mol. The molecule has 0 aliphatic heterocycles. The van der Waals surface area contributed by atoms with Crippen LogP contribution in [0, 0.1) is 0 Å². The van der Waals surface area contributed by atoms with Crippen LogP contribution >= 0.6 is 0 Å². The molecule has 0 radical (unpaired) electrons. The van der Waals surface area contributed by atoms with Gasteiger partial charge >= 0.3 is 59.1 Å². The molecular formula is C48H40B2Na2. The molecule has 0 unspecified atom stereocenters. The van der Waals surface area contributed by atoms with Crippen molar-refractivity contribution in [1.82, 2.24) is 0 Å². The van der Waals surface area contributed by atoms with Crippen molar-refractivity contribution in [1.29, 1.82) is 0 Å². The van der Waals surface area contributed by atoms with Gasteiger partial charge in [0.05, 0.1) is 0 Å². The Hall–Kier alpha value is -4.11. The van der Waals surface area contributed by atoms with E-state index in [1.165, 1.54) is 43.7 Å². The molecule has 0 fully saturated rings. The molecule has 0 atom stereocenters. The van der Waals surface area contributed by atoms with Gasteiger partial charge in [-0.05, 0) is 0 Å². The first-order valence-corrected chi connectivity index (χ1v) is 17.6. The van der Waals surface area contributed by atoms with E-state index in [1.54, 1.807) is 0 Å². The minimum atomic E-state index is -1.22. The Balaban J connectivity index is 0.000000194. The zero-order chi connectivity index (χ0) is 33.9. The van der Waals surface area contributed by atoms with Gasteiger partial charge in [0.15, 0.2) is 0 Å². The predicted octanol–water partition coefficient (Wildman–Crippen LogP) is 0.136. The molecule has 240 valence electrons. The zero-order valence-electron chi connectivity index (χ0n) is 30.2. The van der Waals surface area contributed by atoms with Crippen LogP contribution < -0.4 is 103 Å². The van der Waals surface area contributed by atoms with Crippen LogP contribution in [0.1, 0.15) is 0 Å². The molecule has 0 saturated carbocycles. The summed E-state index contributed by atoms with van der Waals surface area (Å²) in [6.07, 6.45) is -2.43. The maximum atomic E-state index is 2.26. The van der Waals surface area contributed by atoms with E-state index in [2.05, 4.69) is 243 Å². The quantitative estimate of drug-likeness (QED) is 0.200. The summed E-state index contributed by atoms with van der Waals surface area (Å²) in [5.74, 6) is 0. The Morgan fingerprint density at radius 1 is 0.154 bits per heavy atom. The van der Waals surface area contributed by atoms with Crippen molar-refractivity contribution in [2.75, 3.05) is 0 Å². The minimum Gasteiger partial charge on any atom is -0.195 e. The fraction of sp³-hybridized carbons (Fsp3) is 0. The SMILES string of the molecule is [Na+].[Na+].c1ccc([B-](c2ccccc2)(c2ccccc2)c2ccccc2)cc1.c1ccc([B-](c2ccccc2)(c2ccccc2)c2ccccc2)cc1. The summed E-state index contributed by atoms with van der Waals surface area (Å²) < 4.78 is 0. The van der Waals surface area contributed by atoms with E-state index in [9.17, 15) is 0 Å². The molecule has 0 amide bonds. The largest absolute Gasteiger partial charge is 1.00 e. The molecule has 8 aromatic carbocycles. The van der Waals surface area contributed by atoms with Gasteiger partial charge in [0.2, 0.25) is 0 Å². The van der Waals surface area contributed by atoms with Crippen molar-refractivity contribution in [2.45, 2.75) is 0 Å². The molecule has 8 rings (SSSR count). The number of rotatable bonds is 8. The summed E-state index contributed by atoms with van der Waals surface area (Å²) >= 11 is 0. The van der Waals surface area contributed by atoms with Crippen molar-refractivity contribution in [3.05, 3.63) is 243 Å². The zero-order valence-corrected chi connectivity index (χ0v) is 34.2. The van der Waals surface area contributed by atoms with E-state index < -0.39 is 12.3 Å². The average molecular weight is 684 g/mol. The smallest absolute Gasteiger partial charge is 0.195 e. The van der Waals surface area contributed by atoms with Gasteiger partial charge in [0, 0.05) is 0 Å². The molecular weight excluding hydrogens is 644 g/mol. The van der Waals surface area contributed by atoms with Gasteiger partial charge < -0.3 is 0 Å². The van der Waals surface area contributed by atoms with Crippen molar-refractivity contribution >= 4 is 56.0 Å². The summed E-state index contributed by atoms with van der Waals surface area (Å²) in [4.78, 5) is 0. The maximum absolute atomic E-state index is 2.26. The van der Waals surface area contributed by atoms with Crippen molar-refractivity contribution in [2.24, 2.45) is 0 Å². The number of hydrogen-bond acceptors (Lipinski definition) is 0. The minimum absolute atomic E-state index is 0. The van der Waals surface area contributed by atoms with Crippen molar-refractivity contribution in [3.63, 3.8) is 0 Å². The first-order chi connectivity index (χ1) is 24.8. The second kappa shape index (κ2) is 19.1. The molecule has 0 bridgehead atoms. The Bertz CT molecular complexity index is 1680. The molecule has 0 aliphatic rings. The summed E-state index contributed by atoms with van der Waals surface area (Å²) in [5, 5.41) is 0.